The third-order valence-corrected chi connectivity index (χ3v) is 8.55. The first kappa shape index (κ1) is 32.1. The molecule has 1 saturated heterocycles. The van der Waals surface area contributed by atoms with Crippen LogP contribution in [0, 0.1) is 11.7 Å². The van der Waals surface area contributed by atoms with E-state index in [9.17, 15) is 9.18 Å². The minimum Gasteiger partial charge on any atom is -0.496 e. The molecule has 0 radical (unpaired) electrons. The molecule has 0 N–H and O–H groups in total. The van der Waals surface area contributed by atoms with Crippen LogP contribution in [-0.4, -0.2) is 58.7 Å². The van der Waals surface area contributed by atoms with Gasteiger partial charge < -0.3 is 14.2 Å². The Morgan fingerprint density at radius 1 is 1.25 bits per heavy atom. The number of ether oxygens (including phenoxy) is 3. The second-order valence-corrected chi connectivity index (χ2v) is 13.8. The van der Waals surface area contributed by atoms with Crippen molar-refractivity contribution in [3.8, 4) is 5.75 Å². The number of fused-ring (bicyclic) bond motifs is 3. The Bertz CT molecular complexity index is 1530. The topological polar surface area (TPSA) is 65.8 Å². The third kappa shape index (κ3) is 6.54. The number of aromatic nitrogens is 2. The molecule has 0 aliphatic carbocycles. The Balaban J connectivity index is 1.64. The number of methoxy groups -OCH3 is 1. The van der Waals surface area contributed by atoms with Crippen molar-refractivity contribution in [3.63, 3.8) is 0 Å². The van der Waals surface area contributed by atoms with Crippen LogP contribution in [0.4, 0.5) is 8.78 Å². The molecule has 0 amide bonds. The maximum atomic E-state index is 16.4. The van der Waals surface area contributed by atoms with E-state index >= 15 is 4.39 Å². The van der Waals surface area contributed by atoms with Crippen molar-refractivity contribution >= 4 is 22.9 Å². The van der Waals surface area contributed by atoms with E-state index in [0.717, 1.165) is 47.9 Å². The lowest BCUT2D eigenvalue weighted by molar-refractivity contribution is -0.148. The number of rotatable bonds is 8. The van der Waals surface area contributed by atoms with Crippen LogP contribution in [0.25, 0.3) is 17.0 Å². The smallest absolute Gasteiger partial charge is 0.331 e. The first-order chi connectivity index (χ1) is 20.8. The van der Waals surface area contributed by atoms with Crippen molar-refractivity contribution in [2.75, 3.05) is 26.9 Å². The third-order valence-electron chi connectivity index (χ3n) is 8.55. The Hall–Kier alpha value is -3.30. The SMILES string of the molecule is COc1cc(/C=C/C(=O)OC(C)(C)C)cc(F)c1C1c2ccc3c(cnn3C3CCCCO3)c2CC(C)(C)N1C[C@H](C)CF. The molecule has 3 aromatic rings. The highest BCUT2D eigenvalue weighted by Gasteiger charge is 2.44. The molecule has 0 saturated carbocycles. The van der Waals surface area contributed by atoms with Gasteiger partial charge in [-0.05, 0) is 107 Å². The molecule has 2 aromatic carbocycles. The summed E-state index contributed by atoms with van der Waals surface area (Å²) < 4.78 is 49.6. The average Bonchev–Trinajstić information content (AvgIpc) is 3.41. The Morgan fingerprint density at radius 2 is 2.02 bits per heavy atom. The van der Waals surface area contributed by atoms with Crippen molar-refractivity contribution in [2.24, 2.45) is 5.92 Å². The van der Waals surface area contributed by atoms with Gasteiger partial charge >= 0.3 is 5.97 Å². The molecule has 1 aromatic heterocycles. The number of benzene rings is 2. The summed E-state index contributed by atoms with van der Waals surface area (Å²) in [4.78, 5) is 14.5. The number of hydrogen-bond acceptors (Lipinski definition) is 6. The van der Waals surface area contributed by atoms with E-state index in [0.29, 0.717) is 29.8 Å². The van der Waals surface area contributed by atoms with Gasteiger partial charge in [0.15, 0.2) is 6.23 Å². The second kappa shape index (κ2) is 12.6. The highest BCUT2D eigenvalue weighted by molar-refractivity contribution is 5.87. The van der Waals surface area contributed by atoms with Gasteiger partial charge in [-0.2, -0.15) is 5.10 Å². The first-order valence-corrected chi connectivity index (χ1v) is 15.5. The van der Waals surface area contributed by atoms with Crippen molar-refractivity contribution in [1.82, 2.24) is 14.7 Å². The number of halogens is 2. The van der Waals surface area contributed by atoms with Gasteiger partial charge in [-0.25, -0.2) is 13.9 Å². The van der Waals surface area contributed by atoms with E-state index in [2.05, 4.69) is 24.8 Å². The van der Waals surface area contributed by atoms with Crippen LogP contribution in [0.15, 0.2) is 36.5 Å². The lowest BCUT2D eigenvalue weighted by atomic mass is 9.77. The predicted molar refractivity (Wildman–Crippen MR) is 168 cm³/mol. The van der Waals surface area contributed by atoms with Gasteiger partial charge in [0.2, 0.25) is 0 Å². The van der Waals surface area contributed by atoms with Crippen LogP contribution >= 0.6 is 0 Å². The summed E-state index contributed by atoms with van der Waals surface area (Å²) in [6.45, 7) is 12.2. The van der Waals surface area contributed by atoms with Crippen LogP contribution in [0.5, 0.6) is 5.75 Å². The molecule has 9 heteroatoms. The fraction of sp³-hybridized carbons (Fsp3) is 0.543. The number of carbonyl (C=O) groups is 1. The van der Waals surface area contributed by atoms with Gasteiger partial charge in [0.25, 0.3) is 0 Å². The molecule has 5 rings (SSSR count). The highest BCUT2D eigenvalue weighted by atomic mass is 19.1. The maximum Gasteiger partial charge on any atom is 0.331 e. The summed E-state index contributed by atoms with van der Waals surface area (Å²) in [5.41, 5.74) is 2.81. The summed E-state index contributed by atoms with van der Waals surface area (Å²) >= 11 is 0. The molecule has 3 heterocycles. The van der Waals surface area contributed by atoms with Crippen molar-refractivity contribution in [2.45, 2.75) is 90.6 Å². The van der Waals surface area contributed by atoms with Crippen LogP contribution in [0.2, 0.25) is 0 Å². The van der Waals surface area contributed by atoms with E-state index in [1.165, 1.54) is 25.3 Å². The molecule has 7 nitrogen and oxygen atoms in total. The fourth-order valence-corrected chi connectivity index (χ4v) is 6.54. The molecule has 1 fully saturated rings. The molecule has 238 valence electrons. The quantitative estimate of drug-likeness (QED) is 0.194. The minimum absolute atomic E-state index is 0.104. The summed E-state index contributed by atoms with van der Waals surface area (Å²) in [5, 5.41) is 5.78. The standard InChI is InChI=1S/C35H45F2N3O4/c1-22(19-36)21-39-33(32-27(37)16-23(17-29(32)42-7)11-14-31(41)44-34(2,3)4)24-12-13-28-26(25(24)18-35(39,5)6)20-38-40(28)30-10-8-9-15-43-30/h11-14,16-17,20,22,30,33H,8-10,15,18-19,21H2,1-7H3/b14-11+/t22-,30?,33?/m1/s1. The van der Waals surface area contributed by atoms with Crippen LogP contribution < -0.4 is 4.74 Å². The van der Waals surface area contributed by atoms with Crippen LogP contribution in [0.1, 0.15) is 95.3 Å². The first-order valence-electron chi connectivity index (χ1n) is 15.5. The lowest BCUT2D eigenvalue weighted by Crippen LogP contribution is -2.53. The highest BCUT2D eigenvalue weighted by Crippen LogP contribution is 2.48. The van der Waals surface area contributed by atoms with E-state index in [4.69, 9.17) is 19.3 Å². The molecular weight excluding hydrogens is 564 g/mol. The molecule has 2 aliphatic rings. The average molecular weight is 610 g/mol. The van der Waals surface area contributed by atoms with Gasteiger partial charge in [0, 0.05) is 30.2 Å². The molecule has 2 aliphatic heterocycles. The molecule has 44 heavy (non-hydrogen) atoms. The molecular formula is C35H45F2N3O4. The summed E-state index contributed by atoms with van der Waals surface area (Å²) in [6.07, 6.45) is 8.35. The molecule has 2 unspecified atom stereocenters. The van der Waals surface area contributed by atoms with Crippen molar-refractivity contribution in [1.29, 1.82) is 0 Å². The normalized spacial score (nSPS) is 21.4. The van der Waals surface area contributed by atoms with E-state index < -0.39 is 35.6 Å². The zero-order chi connectivity index (χ0) is 31.8. The van der Waals surface area contributed by atoms with Gasteiger partial charge in [-0.15, -0.1) is 0 Å². The van der Waals surface area contributed by atoms with Gasteiger partial charge in [-0.3, -0.25) is 9.29 Å². The molecule has 3 atom stereocenters. The number of nitrogens with zero attached hydrogens (tertiary/aromatic N) is 3. The van der Waals surface area contributed by atoms with Crippen LogP contribution in [0.3, 0.4) is 0 Å². The van der Waals surface area contributed by atoms with Crippen molar-refractivity contribution < 1.29 is 27.8 Å². The van der Waals surface area contributed by atoms with Crippen molar-refractivity contribution in [3.05, 3.63) is 64.6 Å². The largest absolute Gasteiger partial charge is 0.496 e. The molecule has 0 spiro atoms. The van der Waals surface area contributed by atoms with E-state index in [-0.39, 0.29) is 12.1 Å². The predicted octanol–water partition coefficient (Wildman–Crippen LogP) is 7.57. The summed E-state index contributed by atoms with van der Waals surface area (Å²) in [5.74, 6) is -0.880. The number of hydrogen-bond donors (Lipinski definition) is 0. The van der Waals surface area contributed by atoms with Gasteiger partial charge in [-0.1, -0.05) is 13.0 Å². The van der Waals surface area contributed by atoms with Crippen LogP contribution in [-0.2, 0) is 20.7 Å². The van der Waals surface area contributed by atoms with E-state index in [1.807, 2.05) is 23.9 Å². The van der Waals surface area contributed by atoms with Gasteiger partial charge in [0.05, 0.1) is 37.1 Å². The lowest BCUT2D eigenvalue weighted by Gasteiger charge is -2.50. The minimum atomic E-state index is -0.638. The monoisotopic (exact) mass is 609 g/mol. The zero-order valence-corrected chi connectivity index (χ0v) is 27.0. The Labute approximate surface area is 259 Å². The summed E-state index contributed by atoms with van der Waals surface area (Å²) in [6, 6.07) is 6.70. The fourth-order valence-electron chi connectivity index (χ4n) is 6.54. The number of esters is 1. The van der Waals surface area contributed by atoms with Gasteiger partial charge in [0.1, 0.15) is 17.2 Å². The summed E-state index contributed by atoms with van der Waals surface area (Å²) in [7, 11) is 1.51. The maximum absolute atomic E-state index is 16.4. The Morgan fingerprint density at radius 3 is 2.68 bits per heavy atom. The van der Waals surface area contributed by atoms with E-state index in [1.54, 1.807) is 26.8 Å². The zero-order valence-electron chi connectivity index (χ0n) is 27.0. The second-order valence-electron chi connectivity index (χ2n) is 13.8. The molecule has 0 bridgehead atoms. The number of alkyl halides is 1. The number of carbonyl (C=O) groups excluding carboxylic acids is 1. The Kier molecular flexibility index (Phi) is 9.19.